The summed E-state index contributed by atoms with van der Waals surface area (Å²) in [5, 5.41) is 0. The summed E-state index contributed by atoms with van der Waals surface area (Å²) in [7, 11) is 0. The molecule has 0 bridgehead atoms. The van der Waals surface area contributed by atoms with Crippen LogP contribution in [0.15, 0.2) is 0 Å². The molecule has 0 saturated carbocycles. The van der Waals surface area contributed by atoms with Gasteiger partial charge in [-0.25, -0.2) is 0 Å². The fourth-order valence-electron chi connectivity index (χ4n) is 1.09. The van der Waals surface area contributed by atoms with E-state index in [0.29, 0.717) is 18.0 Å². The predicted molar refractivity (Wildman–Crippen MR) is 47.4 cm³/mol. The van der Waals surface area contributed by atoms with Crippen molar-refractivity contribution >= 4 is 11.6 Å². The summed E-state index contributed by atoms with van der Waals surface area (Å²) in [5.41, 5.74) is 0. The minimum atomic E-state index is 0.360. The second-order valence-electron chi connectivity index (χ2n) is 2.87. The molecule has 0 rings (SSSR count). The van der Waals surface area contributed by atoms with Crippen LogP contribution in [-0.2, 0) is 0 Å². The van der Waals surface area contributed by atoms with E-state index in [4.69, 9.17) is 11.6 Å². The van der Waals surface area contributed by atoms with Crippen LogP contribution in [0.1, 0.15) is 20.8 Å². The third-order valence-electron chi connectivity index (χ3n) is 1.57. The second kappa shape index (κ2) is 4.86. The highest BCUT2D eigenvalue weighted by atomic mass is 35.5. The summed E-state index contributed by atoms with van der Waals surface area (Å²) in [4.78, 5) is 2.27. The lowest BCUT2D eigenvalue weighted by Gasteiger charge is -2.25. The van der Waals surface area contributed by atoms with Gasteiger partial charge in [-0.15, -0.1) is 11.6 Å². The van der Waals surface area contributed by atoms with Gasteiger partial charge < -0.3 is 0 Å². The molecule has 0 radical (unpaired) electrons. The van der Waals surface area contributed by atoms with Gasteiger partial charge in [-0.1, -0.05) is 0 Å². The first kappa shape index (κ1) is 10.1. The zero-order valence-corrected chi connectivity index (χ0v) is 7.86. The third-order valence-corrected chi connectivity index (χ3v) is 1.74. The molecule has 0 saturated heterocycles. The Bertz CT molecular complexity index is 73.3. The number of rotatable bonds is 4. The quantitative estimate of drug-likeness (QED) is 0.453. The van der Waals surface area contributed by atoms with Gasteiger partial charge in [0.15, 0.2) is 0 Å². The minimum Gasteiger partial charge on any atom is -0.260 e. The summed E-state index contributed by atoms with van der Waals surface area (Å²) < 4.78 is 0. The molecule has 0 amide bonds. The first-order valence-corrected chi connectivity index (χ1v) is 4.27. The Balaban J connectivity index is 3.73. The average molecular weight is 163 g/mol. The molecule has 0 aliphatic rings. The summed E-state index contributed by atoms with van der Waals surface area (Å²) >= 11 is 5.61. The van der Waals surface area contributed by atoms with Crippen molar-refractivity contribution in [3.63, 3.8) is 0 Å². The van der Waals surface area contributed by atoms with Gasteiger partial charge in [-0.3, -0.25) is 4.90 Å². The third kappa shape index (κ3) is 3.33. The van der Waals surface area contributed by atoms with Crippen molar-refractivity contribution < 1.29 is 0 Å². The topological polar surface area (TPSA) is 3.24 Å². The van der Waals surface area contributed by atoms with Crippen LogP contribution in [0.2, 0.25) is 0 Å². The number of halogens is 1. The first-order valence-electron chi connectivity index (χ1n) is 3.74. The number of alkyl halides is 1. The van der Waals surface area contributed by atoms with Crippen LogP contribution in [-0.4, -0.2) is 29.4 Å². The number of hydrogen-bond donors (Lipinski definition) is 0. The average Bonchev–Trinajstić information content (AvgIpc) is 1.81. The van der Waals surface area contributed by atoms with Crippen LogP contribution in [0.3, 0.4) is 0 Å². The fraction of sp³-hybridized carbons (Fsp3) is 0.875. The van der Waals surface area contributed by atoms with E-state index in [1.807, 2.05) is 0 Å². The molecule has 0 heterocycles. The Kier molecular flexibility index (Phi) is 4.92. The molecule has 0 aromatic rings. The van der Waals surface area contributed by atoms with Gasteiger partial charge in [0.2, 0.25) is 0 Å². The van der Waals surface area contributed by atoms with Crippen LogP contribution in [0.4, 0.5) is 0 Å². The van der Waals surface area contributed by atoms with E-state index in [1.165, 1.54) is 0 Å². The van der Waals surface area contributed by atoms with Crippen molar-refractivity contribution in [2.45, 2.75) is 32.9 Å². The van der Waals surface area contributed by atoms with Crippen LogP contribution in [0, 0.1) is 6.92 Å². The normalized spacial score (nSPS) is 14.6. The van der Waals surface area contributed by atoms with Gasteiger partial charge in [-0.05, 0) is 20.8 Å². The highest BCUT2D eigenvalue weighted by Gasteiger charge is 2.15. The summed E-state index contributed by atoms with van der Waals surface area (Å²) in [6, 6.07) is 0.907. The van der Waals surface area contributed by atoms with Crippen molar-refractivity contribution in [1.82, 2.24) is 4.90 Å². The maximum absolute atomic E-state index is 5.61. The molecule has 0 aliphatic carbocycles. The van der Waals surface area contributed by atoms with Gasteiger partial charge in [0.25, 0.3) is 0 Å². The molecule has 0 N–H and O–H groups in total. The molecular formula is C8H17ClN+. The number of nitrogens with zero attached hydrogens (tertiary/aromatic N) is 1. The molecule has 0 spiro atoms. The summed E-state index contributed by atoms with van der Waals surface area (Å²) in [6.45, 7) is 11.3. The van der Waals surface area contributed by atoms with Crippen LogP contribution in [0.25, 0.3) is 0 Å². The van der Waals surface area contributed by atoms with E-state index in [0.717, 1.165) is 6.54 Å². The first-order chi connectivity index (χ1) is 4.59. The highest BCUT2D eigenvalue weighted by Crippen LogP contribution is 2.03. The maximum Gasteiger partial charge on any atom is 0.146 e. The van der Waals surface area contributed by atoms with E-state index >= 15 is 0 Å². The zero-order valence-electron chi connectivity index (χ0n) is 7.10. The second-order valence-corrected chi connectivity index (χ2v) is 3.25. The van der Waals surface area contributed by atoms with Crippen LogP contribution < -0.4 is 0 Å². The maximum atomic E-state index is 5.61. The smallest absolute Gasteiger partial charge is 0.146 e. The Labute approximate surface area is 69.4 Å². The standard InChI is InChI=1S/C8H17ClN/c1-7(2)10(6-5-9)8(3)4/h7-8H,1,5-6H2,2-4H3/q+1. The lowest BCUT2D eigenvalue weighted by Crippen LogP contribution is -2.38. The van der Waals surface area contributed by atoms with Gasteiger partial charge in [0.1, 0.15) is 6.04 Å². The summed E-state index contributed by atoms with van der Waals surface area (Å²) in [5.74, 6) is 0.692. The number of hydrogen-bond acceptors (Lipinski definition) is 1. The monoisotopic (exact) mass is 162 g/mol. The molecule has 0 aromatic heterocycles. The molecule has 60 valence electrons. The minimum absolute atomic E-state index is 0.360. The van der Waals surface area contributed by atoms with Gasteiger partial charge in [-0.2, -0.15) is 0 Å². The van der Waals surface area contributed by atoms with Gasteiger partial charge in [0.05, 0.1) is 6.92 Å². The molecule has 0 fully saturated rings. The van der Waals surface area contributed by atoms with E-state index in [2.05, 4.69) is 32.6 Å². The largest absolute Gasteiger partial charge is 0.260 e. The Hall–Kier alpha value is 0.120. The van der Waals surface area contributed by atoms with Crippen molar-refractivity contribution in [2.75, 3.05) is 12.4 Å². The highest BCUT2D eigenvalue weighted by molar-refractivity contribution is 6.18. The molecule has 1 unspecified atom stereocenters. The van der Waals surface area contributed by atoms with E-state index in [-0.39, 0.29) is 0 Å². The molecule has 0 aliphatic heterocycles. The molecule has 0 aromatic carbocycles. The van der Waals surface area contributed by atoms with Crippen LogP contribution in [0.5, 0.6) is 0 Å². The van der Waals surface area contributed by atoms with E-state index < -0.39 is 0 Å². The van der Waals surface area contributed by atoms with Gasteiger partial charge in [0, 0.05) is 18.5 Å². The van der Waals surface area contributed by atoms with Crippen molar-refractivity contribution in [2.24, 2.45) is 0 Å². The molecule has 1 nitrogen and oxygen atoms in total. The lowest BCUT2D eigenvalue weighted by atomic mass is 10.2. The molecule has 2 heteroatoms. The van der Waals surface area contributed by atoms with Crippen molar-refractivity contribution in [3.05, 3.63) is 6.92 Å². The Morgan fingerprint density at radius 3 is 2.00 bits per heavy atom. The van der Waals surface area contributed by atoms with E-state index in [9.17, 15) is 0 Å². The fourth-order valence-corrected chi connectivity index (χ4v) is 1.28. The van der Waals surface area contributed by atoms with Crippen LogP contribution >= 0.6 is 11.6 Å². The molecular weight excluding hydrogens is 146 g/mol. The Morgan fingerprint density at radius 1 is 1.40 bits per heavy atom. The van der Waals surface area contributed by atoms with Crippen molar-refractivity contribution in [3.8, 4) is 0 Å². The Morgan fingerprint density at radius 2 is 1.90 bits per heavy atom. The predicted octanol–water partition coefficient (Wildman–Crippen LogP) is 2.16. The molecule has 10 heavy (non-hydrogen) atoms. The summed E-state index contributed by atoms with van der Waals surface area (Å²) in [6.07, 6.45) is 0. The lowest BCUT2D eigenvalue weighted by molar-refractivity contribution is 0.203. The van der Waals surface area contributed by atoms with E-state index in [1.54, 1.807) is 0 Å². The molecule has 1 atom stereocenters. The zero-order chi connectivity index (χ0) is 8.15. The van der Waals surface area contributed by atoms with Crippen molar-refractivity contribution in [1.29, 1.82) is 0 Å². The SMILES string of the molecule is [CH2+]C(C)N(CCCl)C(C)C. The van der Waals surface area contributed by atoms with Gasteiger partial charge >= 0.3 is 0 Å².